The van der Waals surface area contributed by atoms with Gasteiger partial charge in [0.1, 0.15) is 5.54 Å². The first-order valence-electron chi connectivity index (χ1n) is 6.96. The standard InChI is InChI=1S/C14H27NO3/c1-10(2)9-11(3)18-8-7-14(4,13(16)17)15-12-5-6-12/h10-12,15H,5-9H2,1-4H3,(H,16,17). The van der Waals surface area contributed by atoms with Crippen LogP contribution in [0.4, 0.5) is 0 Å². The van der Waals surface area contributed by atoms with Crippen LogP contribution in [0.2, 0.25) is 0 Å². The molecule has 0 heterocycles. The quantitative estimate of drug-likeness (QED) is 0.666. The molecule has 0 aromatic rings. The van der Waals surface area contributed by atoms with Gasteiger partial charge in [0.15, 0.2) is 0 Å². The van der Waals surface area contributed by atoms with E-state index in [4.69, 9.17) is 4.74 Å². The predicted octanol–water partition coefficient (Wildman–Crippen LogP) is 2.42. The molecule has 0 aromatic heterocycles. The summed E-state index contributed by atoms with van der Waals surface area (Å²) in [5, 5.41) is 12.5. The van der Waals surface area contributed by atoms with Gasteiger partial charge in [-0.25, -0.2) is 0 Å². The molecule has 0 radical (unpaired) electrons. The monoisotopic (exact) mass is 257 g/mol. The zero-order valence-corrected chi connectivity index (χ0v) is 12.0. The van der Waals surface area contributed by atoms with Gasteiger partial charge in [-0.15, -0.1) is 0 Å². The Morgan fingerprint density at radius 1 is 1.44 bits per heavy atom. The molecule has 1 aliphatic rings. The van der Waals surface area contributed by atoms with Crippen LogP contribution in [-0.2, 0) is 9.53 Å². The molecule has 1 saturated carbocycles. The maximum atomic E-state index is 11.3. The lowest BCUT2D eigenvalue weighted by Gasteiger charge is -2.27. The molecule has 1 aliphatic carbocycles. The Bertz CT molecular complexity index is 276. The Morgan fingerprint density at radius 3 is 2.50 bits per heavy atom. The number of hydrogen-bond donors (Lipinski definition) is 2. The van der Waals surface area contributed by atoms with Crippen LogP contribution in [0.3, 0.4) is 0 Å². The smallest absolute Gasteiger partial charge is 0.323 e. The van der Waals surface area contributed by atoms with E-state index in [2.05, 4.69) is 19.2 Å². The van der Waals surface area contributed by atoms with E-state index in [9.17, 15) is 9.90 Å². The van der Waals surface area contributed by atoms with E-state index in [0.29, 0.717) is 25.0 Å². The lowest BCUT2D eigenvalue weighted by atomic mass is 9.98. The van der Waals surface area contributed by atoms with Gasteiger partial charge in [-0.3, -0.25) is 10.1 Å². The van der Waals surface area contributed by atoms with E-state index < -0.39 is 11.5 Å². The van der Waals surface area contributed by atoms with E-state index in [1.165, 1.54) is 0 Å². The minimum absolute atomic E-state index is 0.198. The third kappa shape index (κ3) is 5.36. The third-order valence-electron chi connectivity index (χ3n) is 3.38. The van der Waals surface area contributed by atoms with Gasteiger partial charge in [0, 0.05) is 12.6 Å². The van der Waals surface area contributed by atoms with Crippen molar-refractivity contribution >= 4 is 5.97 Å². The summed E-state index contributed by atoms with van der Waals surface area (Å²) < 4.78 is 5.70. The molecular formula is C14H27NO3. The SMILES string of the molecule is CC(C)CC(C)OCCC(C)(NC1CC1)C(=O)O. The fraction of sp³-hybridized carbons (Fsp3) is 0.929. The zero-order chi connectivity index (χ0) is 13.8. The van der Waals surface area contributed by atoms with Crippen molar-refractivity contribution < 1.29 is 14.6 Å². The zero-order valence-electron chi connectivity index (χ0n) is 12.0. The van der Waals surface area contributed by atoms with Crippen LogP contribution in [0, 0.1) is 5.92 Å². The summed E-state index contributed by atoms with van der Waals surface area (Å²) in [4.78, 5) is 11.3. The first-order valence-corrected chi connectivity index (χ1v) is 6.96. The predicted molar refractivity (Wildman–Crippen MR) is 71.7 cm³/mol. The van der Waals surface area contributed by atoms with Gasteiger partial charge in [0.25, 0.3) is 0 Å². The summed E-state index contributed by atoms with van der Waals surface area (Å²) in [6.07, 6.45) is 3.91. The Balaban J connectivity index is 2.30. The van der Waals surface area contributed by atoms with Gasteiger partial charge in [-0.1, -0.05) is 13.8 Å². The van der Waals surface area contributed by atoms with Crippen LogP contribution in [0.15, 0.2) is 0 Å². The van der Waals surface area contributed by atoms with Crippen molar-refractivity contribution in [1.29, 1.82) is 0 Å². The van der Waals surface area contributed by atoms with Crippen molar-refractivity contribution in [3.63, 3.8) is 0 Å². The molecule has 0 saturated heterocycles. The minimum atomic E-state index is -0.848. The van der Waals surface area contributed by atoms with E-state index in [1.807, 2.05) is 6.92 Å². The van der Waals surface area contributed by atoms with Crippen LogP contribution in [0.5, 0.6) is 0 Å². The Hall–Kier alpha value is -0.610. The molecule has 1 fully saturated rings. The van der Waals surface area contributed by atoms with E-state index in [1.54, 1.807) is 6.92 Å². The number of ether oxygens (including phenoxy) is 1. The maximum Gasteiger partial charge on any atom is 0.323 e. The topological polar surface area (TPSA) is 58.6 Å². The fourth-order valence-electron chi connectivity index (χ4n) is 2.12. The third-order valence-corrected chi connectivity index (χ3v) is 3.38. The van der Waals surface area contributed by atoms with Crippen molar-refractivity contribution in [2.24, 2.45) is 5.92 Å². The average Bonchev–Trinajstić information content (AvgIpc) is 2.99. The molecule has 106 valence electrons. The second-order valence-corrected chi connectivity index (χ2v) is 6.12. The van der Waals surface area contributed by atoms with Crippen LogP contribution in [0.25, 0.3) is 0 Å². The number of aliphatic carboxylic acids is 1. The van der Waals surface area contributed by atoms with Crippen molar-refractivity contribution in [1.82, 2.24) is 5.32 Å². The maximum absolute atomic E-state index is 11.3. The highest BCUT2D eigenvalue weighted by atomic mass is 16.5. The van der Waals surface area contributed by atoms with Crippen LogP contribution in [0.1, 0.15) is 53.4 Å². The van der Waals surface area contributed by atoms with Gasteiger partial charge >= 0.3 is 5.97 Å². The Morgan fingerprint density at radius 2 is 2.06 bits per heavy atom. The fourth-order valence-corrected chi connectivity index (χ4v) is 2.12. The first-order chi connectivity index (χ1) is 8.33. The van der Waals surface area contributed by atoms with Gasteiger partial charge in [0.05, 0.1) is 6.10 Å². The summed E-state index contributed by atoms with van der Waals surface area (Å²) in [5.74, 6) is -0.176. The molecule has 2 atom stereocenters. The van der Waals surface area contributed by atoms with Crippen molar-refractivity contribution in [2.45, 2.75) is 71.1 Å². The van der Waals surface area contributed by atoms with Gasteiger partial charge in [-0.05, 0) is 45.4 Å². The largest absolute Gasteiger partial charge is 0.480 e. The van der Waals surface area contributed by atoms with Gasteiger partial charge < -0.3 is 9.84 Å². The second-order valence-electron chi connectivity index (χ2n) is 6.12. The molecule has 0 aliphatic heterocycles. The molecular weight excluding hydrogens is 230 g/mol. The molecule has 18 heavy (non-hydrogen) atoms. The molecule has 0 spiro atoms. The Labute approximate surface area is 110 Å². The summed E-state index contributed by atoms with van der Waals surface area (Å²) in [5.41, 5.74) is -0.848. The first kappa shape index (κ1) is 15.4. The summed E-state index contributed by atoms with van der Waals surface area (Å²) in [7, 11) is 0. The normalized spacial score (nSPS) is 20.7. The number of carboxylic acid groups (broad SMARTS) is 1. The molecule has 4 nitrogen and oxygen atoms in total. The van der Waals surface area contributed by atoms with E-state index in [0.717, 1.165) is 19.3 Å². The van der Waals surface area contributed by atoms with Crippen molar-refractivity contribution in [3.05, 3.63) is 0 Å². The molecule has 2 unspecified atom stereocenters. The number of rotatable bonds is 9. The molecule has 0 bridgehead atoms. The molecule has 0 aromatic carbocycles. The molecule has 0 amide bonds. The number of carbonyl (C=O) groups is 1. The van der Waals surface area contributed by atoms with E-state index in [-0.39, 0.29) is 6.10 Å². The Kier molecular flexibility index (Phi) is 5.60. The highest BCUT2D eigenvalue weighted by molar-refractivity contribution is 5.78. The van der Waals surface area contributed by atoms with Gasteiger partial charge in [0.2, 0.25) is 0 Å². The number of hydrogen-bond acceptors (Lipinski definition) is 3. The van der Waals surface area contributed by atoms with E-state index >= 15 is 0 Å². The van der Waals surface area contributed by atoms with Crippen molar-refractivity contribution in [3.8, 4) is 0 Å². The highest BCUT2D eigenvalue weighted by Gasteiger charge is 2.38. The number of nitrogens with one attached hydrogen (secondary N) is 1. The van der Waals surface area contributed by atoms with Crippen LogP contribution >= 0.6 is 0 Å². The molecule has 4 heteroatoms. The lowest BCUT2D eigenvalue weighted by molar-refractivity contribution is -0.145. The highest BCUT2D eigenvalue weighted by Crippen LogP contribution is 2.24. The lowest BCUT2D eigenvalue weighted by Crippen LogP contribution is -2.51. The summed E-state index contributed by atoms with van der Waals surface area (Å²) >= 11 is 0. The second kappa shape index (κ2) is 6.53. The number of carboxylic acids is 1. The molecule has 2 N–H and O–H groups in total. The van der Waals surface area contributed by atoms with Crippen molar-refractivity contribution in [2.75, 3.05) is 6.61 Å². The molecule has 1 rings (SSSR count). The summed E-state index contributed by atoms with van der Waals surface area (Å²) in [6.45, 7) is 8.62. The summed E-state index contributed by atoms with van der Waals surface area (Å²) in [6, 6.07) is 0.388. The average molecular weight is 257 g/mol. The minimum Gasteiger partial charge on any atom is -0.480 e. The van der Waals surface area contributed by atoms with Crippen LogP contribution < -0.4 is 5.32 Å². The van der Waals surface area contributed by atoms with Gasteiger partial charge in [-0.2, -0.15) is 0 Å². The van der Waals surface area contributed by atoms with Crippen LogP contribution in [-0.4, -0.2) is 35.4 Å².